The third kappa shape index (κ3) is 1.91. The summed E-state index contributed by atoms with van der Waals surface area (Å²) < 4.78 is 5.24. The zero-order valence-corrected chi connectivity index (χ0v) is 7.90. The fourth-order valence-electron chi connectivity index (χ4n) is 1.49. The molecule has 0 spiro atoms. The highest BCUT2D eigenvalue weighted by molar-refractivity contribution is 6.08. The molecule has 0 saturated heterocycles. The second-order valence-corrected chi connectivity index (χ2v) is 3.27. The molecule has 1 aliphatic rings. The van der Waals surface area contributed by atoms with Gasteiger partial charge >= 0.3 is 0 Å². The topological polar surface area (TPSA) is 26.3 Å². The summed E-state index contributed by atoms with van der Waals surface area (Å²) in [6.07, 6.45) is 2.81. The van der Waals surface area contributed by atoms with Crippen LogP contribution in [0.4, 0.5) is 0 Å². The SMILES string of the molecule is O=C(C1=CCCOC1)c1ccccc1. The summed E-state index contributed by atoms with van der Waals surface area (Å²) in [6, 6.07) is 9.31. The van der Waals surface area contributed by atoms with Gasteiger partial charge in [-0.1, -0.05) is 36.4 Å². The van der Waals surface area contributed by atoms with E-state index in [9.17, 15) is 4.79 Å². The predicted octanol–water partition coefficient (Wildman–Crippen LogP) is 2.22. The Morgan fingerprint density at radius 3 is 2.64 bits per heavy atom. The van der Waals surface area contributed by atoms with Crippen molar-refractivity contribution in [3.05, 3.63) is 47.5 Å². The molecule has 14 heavy (non-hydrogen) atoms. The molecule has 2 nitrogen and oxygen atoms in total. The number of hydrogen-bond donors (Lipinski definition) is 0. The second kappa shape index (κ2) is 4.20. The molecule has 0 N–H and O–H groups in total. The van der Waals surface area contributed by atoms with Crippen molar-refractivity contribution in [1.82, 2.24) is 0 Å². The molecule has 1 aromatic carbocycles. The molecule has 0 amide bonds. The number of carbonyl (C=O) groups is 1. The highest BCUT2D eigenvalue weighted by Crippen LogP contribution is 2.12. The van der Waals surface area contributed by atoms with Crippen LogP contribution in [0.5, 0.6) is 0 Å². The smallest absolute Gasteiger partial charge is 0.191 e. The Bertz CT molecular complexity index is 352. The number of carbonyl (C=O) groups excluding carboxylic acids is 1. The van der Waals surface area contributed by atoms with Gasteiger partial charge in [-0.25, -0.2) is 0 Å². The zero-order chi connectivity index (χ0) is 9.80. The monoisotopic (exact) mass is 188 g/mol. The first-order valence-corrected chi connectivity index (χ1v) is 4.74. The van der Waals surface area contributed by atoms with Crippen molar-refractivity contribution in [1.29, 1.82) is 0 Å². The van der Waals surface area contributed by atoms with E-state index in [0.717, 1.165) is 24.2 Å². The van der Waals surface area contributed by atoms with Crippen LogP contribution in [0.2, 0.25) is 0 Å². The molecule has 0 unspecified atom stereocenters. The summed E-state index contributed by atoms with van der Waals surface area (Å²) in [5.41, 5.74) is 1.52. The van der Waals surface area contributed by atoms with E-state index in [1.807, 2.05) is 36.4 Å². The largest absolute Gasteiger partial charge is 0.376 e. The molecule has 2 rings (SSSR count). The average Bonchev–Trinajstić information content (AvgIpc) is 2.30. The number of ketones is 1. The summed E-state index contributed by atoms with van der Waals surface area (Å²) in [5, 5.41) is 0. The maximum absolute atomic E-state index is 11.9. The Morgan fingerprint density at radius 2 is 2.00 bits per heavy atom. The second-order valence-electron chi connectivity index (χ2n) is 3.27. The van der Waals surface area contributed by atoms with E-state index in [4.69, 9.17) is 4.74 Å². The van der Waals surface area contributed by atoms with Crippen molar-refractivity contribution >= 4 is 5.78 Å². The van der Waals surface area contributed by atoms with Gasteiger partial charge in [0.25, 0.3) is 0 Å². The van der Waals surface area contributed by atoms with Crippen LogP contribution >= 0.6 is 0 Å². The molecule has 72 valence electrons. The van der Waals surface area contributed by atoms with Gasteiger partial charge in [0.05, 0.1) is 13.2 Å². The lowest BCUT2D eigenvalue weighted by Crippen LogP contribution is -2.14. The molecule has 1 heterocycles. The van der Waals surface area contributed by atoms with Crippen molar-refractivity contribution in [2.75, 3.05) is 13.2 Å². The Balaban J connectivity index is 2.20. The number of Topliss-reactive ketones (excluding diaryl/α,β-unsaturated/α-hetero) is 1. The maximum atomic E-state index is 11.9. The van der Waals surface area contributed by atoms with E-state index in [0.29, 0.717) is 6.61 Å². The lowest BCUT2D eigenvalue weighted by molar-refractivity contribution is 0.0967. The van der Waals surface area contributed by atoms with E-state index < -0.39 is 0 Å². The van der Waals surface area contributed by atoms with Gasteiger partial charge in [0, 0.05) is 11.1 Å². The van der Waals surface area contributed by atoms with Gasteiger partial charge < -0.3 is 4.74 Å². The summed E-state index contributed by atoms with van der Waals surface area (Å²) in [6.45, 7) is 1.18. The van der Waals surface area contributed by atoms with Gasteiger partial charge in [-0.3, -0.25) is 4.79 Å². The Kier molecular flexibility index (Phi) is 2.75. The van der Waals surface area contributed by atoms with Crippen LogP contribution in [0, 0.1) is 0 Å². The third-order valence-corrected chi connectivity index (χ3v) is 2.24. The van der Waals surface area contributed by atoms with E-state index in [1.54, 1.807) is 0 Å². The van der Waals surface area contributed by atoms with E-state index >= 15 is 0 Å². The zero-order valence-electron chi connectivity index (χ0n) is 7.90. The molecule has 0 aliphatic carbocycles. The average molecular weight is 188 g/mol. The summed E-state index contributed by atoms with van der Waals surface area (Å²) >= 11 is 0. The van der Waals surface area contributed by atoms with Gasteiger partial charge in [0.2, 0.25) is 0 Å². The molecule has 0 saturated carbocycles. The maximum Gasteiger partial charge on any atom is 0.191 e. The number of hydrogen-bond acceptors (Lipinski definition) is 2. The van der Waals surface area contributed by atoms with Gasteiger partial charge in [0.15, 0.2) is 5.78 Å². The molecule has 0 fully saturated rings. The lowest BCUT2D eigenvalue weighted by Gasteiger charge is -2.12. The first-order chi connectivity index (χ1) is 6.88. The van der Waals surface area contributed by atoms with Crippen molar-refractivity contribution < 1.29 is 9.53 Å². The summed E-state index contributed by atoms with van der Waals surface area (Å²) in [7, 11) is 0. The van der Waals surface area contributed by atoms with E-state index in [1.165, 1.54) is 0 Å². The quantitative estimate of drug-likeness (QED) is 0.665. The number of rotatable bonds is 2. The molecule has 0 aromatic heterocycles. The van der Waals surface area contributed by atoms with Gasteiger partial charge in [0.1, 0.15) is 0 Å². The van der Waals surface area contributed by atoms with Crippen molar-refractivity contribution in [3.8, 4) is 0 Å². The molecular formula is C12H12O2. The van der Waals surface area contributed by atoms with Crippen molar-refractivity contribution in [2.24, 2.45) is 0 Å². The number of ether oxygens (including phenoxy) is 1. The standard InChI is InChI=1S/C12H12O2/c13-12(10-5-2-1-3-6-10)11-7-4-8-14-9-11/h1-3,5-7H,4,8-9H2. The first-order valence-electron chi connectivity index (χ1n) is 4.74. The van der Waals surface area contributed by atoms with Crippen molar-refractivity contribution in [3.63, 3.8) is 0 Å². The van der Waals surface area contributed by atoms with Crippen LogP contribution < -0.4 is 0 Å². The molecule has 1 aliphatic heterocycles. The molecule has 0 radical (unpaired) electrons. The van der Waals surface area contributed by atoms with Crippen LogP contribution in [0.1, 0.15) is 16.8 Å². The molecule has 0 atom stereocenters. The van der Waals surface area contributed by atoms with E-state index in [2.05, 4.69) is 0 Å². The van der Waals surface area contributed by atoms with E-state index in [-0.39, 0.29) is 5.78 Å². The summed E-state index contributed by atoms with van der Waals surface area (Å²) in [4.78, 5) is 11.9. The normalized spacial score (nSPS) is 16.1. The fourth-order valence-corrected chi connectivity index (χ4v) is 1.49. The Labute approximate surface area is 83.2 Å². The fraction of sp³-hybridized carbons (Fsp3) is 0.250. The molecule has 0 bridgehead atoms. The van der Waals surface area contributed by atoms with Gasteiger partial charge in [-0.2, -0.15) is 0 Å². The molecule has 1 aromatic rings. The Morgan fingerprint density at radius 1 is 1.21 bits per heavy atom. The third-order valence-electron chi connectivity index (χ3n) is 2.24. The molecule has 2 heteroatoms. The van der Waals surface area contributed by atoms with Crippen molar-refractivity contribution in [2.45, 2.75) is 6.42 Å². The predicted molar refractivity (Wildman–Crippen MR) is 54.3 cm³/mol. The van der Waals surface area contributed by atoms with Crippen LogP contribution in [0.15, 0.2) is 42.0 Å². The number of benzene rings is 1. The minimum absolute atomic E-state index is 0.0882. The van der Waals surface area contributed by atoms with Gasteiger partial charge in [-0.15, -0.1) is 0 Å². The molecular weight excluding hydrogens is 176 g/mol. The van der Waals surface area contributed by atoms with Gasteiger partial charge in [-0.05, 0) is 6.42 Å². The minimum atomic E-state index is 0.0882. The Hall–Kier alpha value is -1.41. The van der Waals surface area contributed by atoms with Crippen LogP contribution in [-0.4, -0.2) is 19.0 Å². The first kappa shape index (κ1) is 9.16. The highest BCUT2D eigenvalue weighted by atomic mass is 16.5. The lowest BCUT2D eigenvalue weighted by atomic mass is 10.0. The van der Waals surface area contributed by atoms with Crippen LogP contribution in [0.3, 0.4) is 0 Å². The van der Waals surface area contributed by atoms with Crippen LogP contribution in [-0.2, 0) is 4.74 Å². The highest BCUT2D eigenvalue weighted by Gasteiger charge is 2.13. The minimum Gasteiger partial charge on any atom is -0.376 e. The van der Waals surface area contributed by atoms with Crippen LogP contribution in [0.25, 0.3) is 0 Å². The summed E-state index contributed by atoms with van der Waals surface area (Å²) in [5.74, 6) is 0.0882.